The molecule has 0 saturated carbocycles. The second kappa shape index (κ2) is 7.36. The average Bonchev–Trinajstić information content (AvgIpc) is 3.32. The molecule has 1 aliphatic rings. The summed E-state index contributed by atoms with van der Waals surface area (Å²) in [6.45, 7) is 4.23. The first-order valence-electron chi connectivity index (χ1n) is 9.35. The van der Waals surface area contributed by atoms with Crippen LogP contribution >= 0.6 is 0 Å². The van der Waals surface area contributed by atoms with E-state index in [0.717, 1.165) is 22.4 Å². The number of carbonyl (C=O) groups is 1. The van der Waals surface area contributed by atoms with Crippen molar-refractivity contribution in [2.75, 3.05) is 16.2 Å². The minimum atomic E-state index is -3.77. The van der Waals surface area contributed by atoms with Gasteiger partial charge in [0.1, 0.15) is 6.54 Å². The number of carbonyl (C=O) groups excluding carboxylic acids is 1. The molecule has 4 rings (SSSR count). The fraction of sp³-hybridized carbons (Fsp3) is 0.238. The van der Waals surface area contributed by atoms with Gasteiger partial charge < -0.3 is 9.88 Å². The standard InChI is InChI=1S/C21H22N4O3S/c1-15-6-5-7-16(2)21(15)23-19(26)12-24-13-20(22-14-24)29(27,28)25-11-10-17-8-3-4-9-18(17)25/h3-9,13-14H,10-12H2,1-2H3,(H,23,26). The Hall–Kier alpha value is -3.13. The Balaban J connectivity index is 1.51. The fourth-order valence-electron chi connectivity index (χ4n) is 3.59. The maximum absolute atomic E-state index is 13.0. The van der Waals surface area contributed by atoms with E-state index in [4.69, 9.17) is 0 Å². The topological polar surface area (TPSA) is 84.3 Å². The van der Waals surface area contributed by atoms with Crippen molar-refractivity contribution in [2.24, 2.45) is 0 Å². The molecular weight excluding hydrogens is 388 g/mol. The summed E-state index contributed by atoms with van der Waals surface area (Å²) < 4.78 is 28.9. The van der Waals surface area contributed by atoms with Crippen LogP contribution in [0.5, 0.6) is 0 Å². The number of hydrogen-bond acceptors (Lipinski definition) is 4. The smallest absolute Gasteiger partial charge is 0.283 e. The maximum atomic E-state index is 13.0. The number of para-hydroxylation sites is 2. The Morgan fingerprint density at radius 2 is 1.83 bits per heavy atom. The van der Waals surface area contributed by atoms with E-state index >= 15 is 0 Å². The van der Waals surface area contributed by atoms with Crippen molar-refractivity contribution in [3.8, 4) is 0 Å². The van der Waals surface area contributed by atoms with E-state index in [0.29, 0.717) is 18.7 Å². The lowest BCUT2D eigenvalue weighted by molar-refractivity contribution is -0.116. The van der Waals surface area contributed by atoms with Gasteiger partial charge in [0, 0.05) is 18.4 Å². The van der Waals surface area contributed by atoms with Gasteiger partial charge in [0.15, 0.2) is 5.03 Å². The SMILES string of the molecule is Cc1cccc(C)c1NC(=O)Cn1cnc(S(=O)(=O)N2CCc3ccccc32)c1. The summed E-state index contributed by atoms with van der Waals surface area (Å²) >= 11 is 0. The van der Waals surface area contributed by atoms with E-state index in [9.17, 15) is 13.2 Å². The lowest BCUT2D eigenvalue weighted by atomic mass is 10.1. The highest BCUT2D eigenvalue weighted by Gasteiger charge is 2.32. The second-order valence-electron chi connectivity index (χ2n) is 7.16. The molecule has 0 aliphatic carbocycles. The summed E-state index contributed by atoms with van der Waals surface area (Å²) in [4.78, 5) is 16.5. The molecule has 0 spiro atoms. The summed E-state index contributed by atoms with van der Waals surface area (Å²) in [7, 11) is -3.77. The summed E-state index contributed by atoms with van der Waals surface area (Å²) in [5.41, 5.74) is 4.41. The van der Waals surface area contributed by atoms with Gasteiger partial charge in [-0.1, -0.05) is 36.4 Å². The molecule has 0 saturated heterocycles. The van der Waals surface area contributed by atoms with Crippen molar-refractivity contribution in [1.82, 2.24) is 9.55 Å². The van der Waals surface area contributed by atoms with E-state index in [1.165, 1.54) is 21.4 Å². The van der Waals surface area contributed by atoms with Crippen molar-refractivity contribution in [1.29, 1.82) is 0 Å². The Bertz CT molecular complexity index is 1160. The fourth-order valence-corrected chi connectivity index (χ4v) is 5.03. The largest absolute Gasteiger partial charge is 0.327 e. The first-order valence-corrected chi connectivity index (χ1v) is 10.8. The zero-order valence-electron chi connectivity index (χ0n) is 16.3. The average molecular weight is 410 g/mol. The number of imidazole rings is 1. The molecular formula is C21H22N4O3S. The molecule has 1 N–H and O–H groups in total. The van der Waals surface area contributed by atoms with Crippen molar-refractivity contribution >= 4 is 27.3 Å². The van der Waals surface area contributed by atoms with Crippen LogP contribution in [0.2, 0.25) is 0 Å². The normalized spacial score (nSPS) is 13.4. The first-order chi connectivity index (χ1) is 13.9. The summed E-state index contributed by atoms with van der Waals surface area (Å²) in [5, 5.41) is 2.83. The van der Waals surface area contributed by atoms with Crippen LogP contribution < -0.4 is 9.62 Å². The number of amides is 1. The van der Waals surface area contributed by atoms with Gasteiger partial charge in [-0.2, -0.15) is 8.42 Å². The van der Waals surface area contributed by atoms with Crippen molar-refractivity contribution in [3.63, 3.8) is 0 Å². The second-order valence-corrected chi connectivity index (χ2v) is 8.96. The van der Waals surface area contributed by atoms with E-state index in [1.54, 1.807) is 6.07 Å². The van der Waals surface area contributed by atoms with Crippen LogP contribution in [0, 0.1) is 13.8 Å². The Morgan fingerprint density at radius 3 is 2.59 bits per heavy atom. The molecule has 1 amide bonds. The Morgan fingerprint density at radius 1 is 1.10 bits per heavy atom. The first kappa shape index (κ1) is 19.2. The number of rotatable bonds is 5. The van der Waals surface area contributed by atoms with Crippen LogP contribution in [-0.4, -0.2) is 30.4 Å². The van der Waals surface area contributed by atoms with Crippen LogP contribution in [0.15, 0.2) is 60.0 Å². The summed E-state index contributed by atoms with van der Waals surface area (Å²) in [6, 6.07) is 13.2. The van der Waals surface area contributed by atoms with Gasteiger partial charge in [-0.3, -0.25) is 9.10 Å². The Kier molecular flexibility index (Phi) is 4.87. The lowest BCUT2D eigenvalue weighted by Crippen LogP contribution is -2.29. The van der Waals surface area contributed by atoms with Gasteiger partial charge >= 0.3 is 0 Å². The van der Waals surface area contributed by atoms with E-state index in [-0.39, 0.29) is 17.5 Å². The number of aromatic nitrogens is 2. The number of fused-ring (bicyclic) bond motifs is 1. The van der Waals surface area contributed by atoms with Gasteiger partial charge in [0.25, 0.3) is 10.0 Å². The van der Waals surface area contributed by atoms with Gasteiger partial charge in [-0.25, -0.2) is 4.98 Å². The van der Waals surface area contributed by atoms with Gasteiger partial charge in [0.05, 0.1) is 12.0 Å². The van der Waals surface area contributed by atoms with Gasteiger partial charge in [-0.15, -0.1) is 0 Å². The van der Waals surface area contributed by atoms with Crippen molar-refractivity contribution < 1.29 is 13.2 Å². The molecule has 2 heterocycles. The molecule has 29 heavy (non-hydrogen) atoms. The highest BCUT2D eigenvalue weighted by molar-refractivity contribution is 7.92. The molecule has 0 atom stereocenters. The third-order valence-electron chi connectivity index (χ3n) is 5.08. The molecule has 150 valence electrons. The van der Waals surface area contributed by atoms with Crippen molar-refractivity contribution in [2.45, 2.75) is 31.8 Å². The zero-order chi connectivity index (χ0) is 20.6. The van der Waals surface area contributed by atoms with Crippen LogP contribution in [0.4, 0.5) is 11.4 Å². The van der Waals surface area contributed by atoms with Crippen LogP contribution in [-0.2, 0) is 27.8 Å². The van der Waals surface area contributed by atoms with Crippen molar-refractivity contribution in [3.05, 3.63) is 71.7 Å². The van der Waals surface area contributed by atoms with Gasteiger partial charge in [-0.05, 0) is 43.0 Å². The van der Waals surface area contributed by atoms with E-state index < -0.39 is 10.0 Å². The highest BCUT2D eigenvalue weighted by atomic mass is 32.2. The number of hydrogen-bond donors (Lipinski definition) is 1. The molecule has 3 aromatic rings. The molecule has 1 aliphatic heterocycles. The third-order valence-corrected chi connectivity index (χ3v) is 6.78. The summed E-state index contributed by atoms with van der Waals surface area (Å²) in [5.74, 6) is -0.240. The van der Waals surface area contributed by atoms with Crippen LogP contribution in [0.1, 0.15) is 16.7 Å². The molecule has 7 nitrogen and oxygen atoms in total. The number of benzene rings is 2. The maximum Gasteiger partial charge on any atom is 0.283 e. The van der Waals surface area contributed by atoms with Crippen LogP contribution in [0.3, 0.4) is 0 Å². The van der Waals surface area contributed by atoms with Gasteiger partial charge in [0.2, 0.25) is 5.91 Å². The van der Waals surface area contributed by atoms with E-state index in [1.807, 2.05) is 50.2 Å². The molecule has 0 fully saturated rings. The molecule has 0 bridgehead atoms. The number of aryl methyl sites for hydroxylation is 2. The van der Waals surface area contributed by atoms with E-state index in [2.05, 4.69) is 10.3 Å². The Labute approximate surface area is 170 Å². The molecule has 2 aromatic carbocycles. The zero-order valence-corrected chi connectivity index (χ0v) is 17.1. The molecule has 0 radical (unpaired) electrons. The highest BCUT2D eigenvalue weighted by Crippen LogP contribution is 2.32. The van der Waals surface area contributed by atoms with Crippen LogP contribution in [0.25, 0.3) is 0 Å². The lowest BCUT2D eigenvalue weighted by Gasteiger charge is -2.17. The molecule has 1 aromatic heterocycles. The third kappa shape index (κ3) is 3.63. The quantitative estimate of drug-likeness (QED) is 0.701. The predicted octanol–water partition coefficient (Wildman–Crippen LogP) is 2.89. The molecule has 0 unspecified atom stereocenters. The number of anilines is 2. The molecule has 8 heteroatoms. The summed E-state index contributed by atoms with van der Waals surface area (Å²) in [6.07, 6.45) is 3.45. The monoisotopic (exact) mass is 410 g/mol. The number of sulfonamides is 1. The number of nitrogens with one attached hydrogen (secondary N) is 1. The number of nitrogens with zero attached hydrogens (tertiary/aromatic N) is 3. The predicted molar refractivity (Wildman–Crippen MR) is 111 cm³/mol. The minimum Gasteiger partial charge on any atom is -0.327 e. The minimum absolute atomic E-state index is 0.0210.